The first-order valence-electron chi connectivity index (χ1n) is 8.70. The smallest absolute Gasteiger partial charge is 0.239 e. The van der Waals surface area contributed by atoms with Crippen LogP contribution in [-0.4, -0.2) is 36.5 Å². The highest BCUT2D eigenvalue weighted by atomic mass is 16.2. The van der Waals surface area contributed by atoms with Gasteiger partial charge in [-0.15, -0.1) is 0 Å². The Morgan fingerprint density at radius 2 is 1.90 bits per heavy atom. The topological polar surface area (TPSA) is 32.3 Å². The first-order valence-corrected chi connectivity index (χ1v) is 8.70. The van der Waals surface area contributed by atoms with E-state index in [0.717, 1.165) is 18.4 Å². The van der Waals surface area contributed by atoms with Gasteiger partial charge in [0.05, 0.1) is 6.04 Å². The first-order chi connectivity index (χ1) is 9.70. The third-order valence-electron chi connectivity index (χ3n) is 6.30. The molecule has 3 fully saturated rings. The van der Waals surface area contributed by atoms with Gasteiger partial charge >= 0.3 is 0 Å². The molecule has 3 nitrogen and oxygen atoms in total. The zero-order valence-corrected chi connectivity index (χ0v) is 13.1. The lowest BCUT2D eigenvalue weighted by atomic mass is 9.83. The summed E-state index contributed by atoms with van der Waals surface area (Å²) in [6.45, 7) is 3.36. The van der Waals surface area contributed by atoms with Crippen molar-refractivity contribution in [3.63, 3.8) is 0 Å². The molecule has 0 aromatic heterocycles. The predicted octanol–water partition coefficient (Wildman–Crippen LogP) is 2.80. The van der Waals surface area contributed by atoms with Crippen LogP contribution in [0.3, 0.4) is 0 Å². The maximum Gasteiger partial charge on any atom is 0.239 e. The van der Waals surface area contributed by atoms with Crippen molar-refractivity contribution < 1.29 is 4.79 Å². The van der Waals surface area contributed by atoms with Crippen molar-refractivity contribution in [1.29, 1.82) is 0 Å². The van der Waals surface area contributed by atoms with Crippen molar-refractivity contribution in [2.24, 2.45) is 17.8 Å². The normalized spacial score (nSPS) is 40.6. The van der Waals surface area contributed by atoms with Gasteiger partial charge in [-0.05, 0) is 62.8 Å². The average Bonchev–Trinajstić information content (AvgIpc) is 3.08. The Morgan fingerprint density at radius 1 is 1.15 bits per heavy atom. The van der Waals surface area contributed by atoms with Gasteiger partial charge in [-0.1, -0.05) is 19.8 Å². The molecule has 114 valence electrons. The van der Waals surface area contributed by atoms with Crippen LogP contribution in [0.15, 0.2) is 0 Å². The van der Waals surface area contributed by atoms with Gasteiger partial charge in [-0.25, -0.2) is 0 Å². The number of carbonyl (C=O) groups is 1. The van der Waals surface area contributed by atoms with E-state index in [1.165, 1.54) is 51.4 Å². The van der Waals surface area contributed by atoms with Gasteiger partial charge in [0.15, 0.2) is 0 Å². The van der Waals surface area contributed by atoms with Crippen LogP contribution in [0.25, 0.3) is 0 Å². The molecule has 2 saturated carbocycles. The van der Waals surface area contributed by atoms with Crippen LogP contribution < -0.4 is 5.32 Å². The van der Waals surface area contributed by atoms with Gasteiger partial charge in [0.2, 0.25) is 5.91 Å². The molecule has 0 aromatic rings. The van der Waals surface area contributed by atoms with Gasteiger partial charge < -0.3 is 10.2 Å². The van der Waals surface area contributed by atoms with Crippen molar-refractivity contribution in [3.05, 3.63) is 0 Å². The zero-order chi connectivity index (χ0) is 14.1. The molecule has 2 aliphatic carbocycles. The van der Waals surface area contributed by atoms with Crippen LogP contribution in [-0.2, 0) is 4.79 Å². The highest BCUT2D eigenvalue weighted by Crippen LogP contribution is 2.38. The molecule has 1 saturated heterocycles. The van der Waals surface area contributed by atoms with Crippen LogP contribution >= 0.6 is 0 Å². The highest BCUT2D eigenvalue weighted by molar-refractivity contribution is 5.82. The van der Waals surface area contributed by atoms with Crippen LogP contribution in [0, 0.1) is 17.8 Å². The summed E-state index contributed by atoms with van der Waals surface area (Å²) in [4.78, 5) is 14.9. The van der Waals surface area contributed by atoms with Gasteiger partial charge in [-0.2, -0.15) is 0 Å². The molecular weight excluding hydrogens is 248 g/mol. The van der Waals surface area contributed by atoms with Crippen LogP contribution in [0.4, 0.5) is 0 Å². The molecule has 20 heavy (non-hydrogen) atoms. The zero-order valence-electron chi connectivity index (χ0n) is 13.1. The molecule has 3 aliphatic rings. The Balaban J connectivity index is 1.57. The Hall–Kier alpha value is -0.570. The monoisotopic (exact) mass is 278 g/mol. The van der Waals surface area contributed by atoms with E-state index in [1.807, 2.05) is 7.05 Å². The summed E-state index contributed by atoms with van der Waals surface area (Å²) in [5, 5.41) is 3.51. The third-order valence-corrected chi connectivity index (χ3v) is 6.30. The summed E-state index contributed by atoms with van der Waals surface area (Å²) in [6, 6.07) is 0.615. The Morgan fingerprint density at radius 3 is 2.60 bits per heavy atom. The van der Waals surface area contributed by atoms with E-state index in [4.69, 9.17) is 0 Å². The minimum Gasteiger partial charge on any atom is -0.341 e. The summed E-state index contributed by atoms with van der Waals surface area (Å²) < 4.78 is 0. The van der Waals surface area contributed by atoms with Crippen molar-refractivity contribution in [2.75, 3.05) is 13.6 Å². The molecule has 3 rings (SSSR count). The molecule has 1 aliphatic heterocycles. The highest BCUT2D eigenvalue weighted by Gasteiger charge is 2.44. The number of hydrogen-bond acceptors (Lipinski definition) is 2. The van der Waals surface area contributed by atoms with E-state index in [0.29, 0.717) is 17.9 Å². The number of nitrogens with one attached hydrogen (secondary N) is 1. The molecule has 0 bridgehead atoms. The van der Waals surface area contributed by atoms with Gasteiger partial charge in [-0.3, -0.25) is 4.79 Å². The number of hydrogen-bond donors (Lipinski definition) is 1. The SMILES string of the molecule is CCC1CCC(N(C)C(=O)C2NCC3CCCC32)CC1. The molecule has 1 amide bonds. The molecule has 1 N–H and O–H groups in total. The number of fused-ring (bicyclic) bond motifs is 1. The van der Waals surface area contributed by atoms with E-state index < -0.39 is 0 Å². The lowest BCUT2D eigenvalue weighted by Crippen LogP contribution is -2.49. The molecular formula is C17H30N2O. The molecule has 0 spiro atoms. The van der Waals surface area contributed by atoms with Gasteiger partial charge in [0.1, 0.15) is 0 Å². The maximum absolute atomic E-state index is 12.8. The predicted molar refractivity (Wildman–Crippen MR) is 81.4 cm³/mol. The number of rotatable bonds is 3. The lowest BCUT2D eigenvalue weighted by Gasteiger charge is -2.36. The standard InChI is InChI=1S/C17H30N2O/c1-3-12-7-9-14(10-8-12)19(2)17(20)16-15-6-4-5-13(15)11-18-16/h12-16,18H,3-11H2,1-2H3. The maximum atomic E-state index is 12.8. The molecule has 3 atom stereocenters. The second-order valence-corrected chi connectivity index (χ2v) is 7.27. The molecule has 1 heterocycles. The second kappa shape index (κ2) is 6.05. The van der Waals surface area contributed by atoms with E-state index >= 15 is 0 Å². The fourth-order valence-electron chi connectivity index (χ4n) is 4.80. The molecule has 0 radical (unpaired) electrons. The minimum atomic E-state index is 0.122. The average molecular weight is 278 g/mol. The van der Waals surface area contributed by atoms with E-state index in [1.54, 1.807) is 0 Å². The Labute approximate surface area is 123 Å². The molecule has 3 heteroatoms. The van der Waals surface area contributed by atoms with Crippen molar-refractivity contribution >= 4 is 5.91 Å². The summed E-state index contributed by atoms with van der Waals surface area (Å²) in [7, 11) is 2.04. The van der Waals surface area contributed by atoms with Crippen LogP contribution in [0.2, 0.25) is 0 Å². The summed E-state index contributed by atoms with van der Waals surface area (Å²) in [5.74, 6) is 2.67. The van der Waals surface area contributed by atoms with Crippen molar-refractivity contribution in [1.82, 2.24) is 10.2 Å². The summed E-state index contributed by atoms with van der Waals surface area (Å²) >= 11 is 0. The number of amides is 1. The summed E-state index contributed by atoms with van der Waals surface area (Å²) in [5.41, 5.74) is 0. The van der Waals surface area contributed by atoms with Gasteiger partial charge in [0.25, 0.3) is 0 Å². The Bertz CT molecular complexity index is 349. The van der Waals surface area contributed by atoms with Crippen molar-refractivity contribution in [3.8, 4) is 0 Å². The lowest BCUT2D eigenvalue weighted by molar-refractivity contribution is -0.135. The largest absolute Gasteiger partial charge is 0.341 e. The van der Waals surface area contributed by atoms with Crippen molar-refractivity contribution in [2.45, 2.75) is 70.4 Å². The first kappa shape index (κ1) is 14.4. The van der Waals surface area contributed by atoms with Crippen LogP contribution in [0.1, 0.15) is 58.3 Å². The van der Waals surface area contributed by atoms with Crippen LogP contribution in [0.5, 0.6) is 0 Å². The van der Waals surface area contributed by atoms with E-state index in [-0.39, 0.29) is 6.04 Å². The third kappa shape index (κ3) is 2.61. The number of likely N-dealkylation sites (N-methyl/N-ethyl adjacent to an activating group) is 1. The number of nitrogens with zero attached hydrogens (tertiary/aromatic N) is 1. The number of carbonyl (C=O) groups excluding carboxylic acids is 1. The second-order valence-electron chi connectivity index (χ2n) is 7.27. The fourth-order valence-corrected chi connectivity index (χ4v) is 4.80. The van der Waals surface area contributed by atoms with Gasteiger partial charge in [0, 0.05) is 13.1 Å². The fraction of sp³-hybridized carbons (Fsp3) is 0.941. The summed E-state index contributed by atoms with van der Waals surface area (Å²) in [6.07, 6.45) is 10.2. The minimum absolute atomic E-state index is 0.122. The molecule has 3 unspecified atom stereocenters. The Kier molecular flexibility index (Phi) is 4.34. The quantitative estimate of drug-likeness (QED) is 0.861. The van der Waals surface area contributed by atoms with E-state index in [9.17, 15) is 4.79 Å². The van der Waals surface area contributed by atoms with E-state index in [2.05, 4.69) is 17.1 Å². The molecule has 0 aromatic carbocycles.